The Morgan fingerprint density at radius 2 is 2.00 bits per heavy atom. The average Bonchev–Trinajstić information content (AvgIpc) is 2.62. The third-order valence-electron chi connectivity index (χ3n) is 4.03. The third-order valence-corrected chi connectivity index (χ3v) is 4.03. The minimum Gasteiger partial charge on any atom is -0.493 e. The zero-order chi connectivity index (χ0) is 18.0. The Labute approximate surface area is 145 Å². The van der Waals surface area contributed by atoms with Gasteiger partial charge in [0.05, 0.1) is 14.2 Å². The van der Waals surface area contributed by atoms with Crippen LogP contribution in [0.25, 0.3) is 6.08 Å². The van der Waals surface area contributed by atoms with E-state index >= 15 is 0 Å². The quantitative estimate of drug-likeness (QED) is 0.732. The van der Waals surface area contributed by atoms with Crippen LogP contribution in [0.2, 0.25) is 0 Å². The molecule has 0 bridgehead atoms. The second-order valence-electron chi connectivity index (χ2n) is 5.58. The molecule has 25 heavy (non-hydrogen) atoms. The maximum absolute atomic E-state index is 5.97. The zero-order valence-corrected chi connectivity index (χ0v) is 14.2. The van der Waals surface area contributed by atoms with Crippen LogP contribution in [0.3, 0.4) is 0 Å². The molecule has 8 nitrogen and oxygen atoms in total. The maximum Gasteiger partial charge on any atom is 0.221 e. The number of benzene rings is 1. The van der Waals surface area contributed by atoms with E-state index in [4.69, 9.17) is 31.4 Å². The highest BCUT2D eigenvalue weighted by atomic mass is 16.5. The van der Waals surface area contributed by atoms with Crippen molar-refractivity contribution >= 4 is 17.8 Å². The molecule has 0 amide bonds. The van der Waals surface area contributed by atoms with Crippen LogP contribution in [0.4, 0.5) is 11.8 Å². The summed E-state index contributed by atoms with van der Waals surface area (Å²) in [6, 6.07) is 1.89. The van der Waals surface area contributed by atoms with Crippen LogP contribution in [0.15, 0.2) is 18.3 Å². The molecule has 3 rings (SSSR count). The largest absolute Gasteiger partial charge is 0.493 e. The Morgan fingerprint density at radius 1 is 1.20 bits per heavy atom. The fourth-order valence-corrected chi connectivity index (χ4v) is 2.77. The molecule has 0 spiro atoms. The molecule has 0 aliphatic carbocycles. The minimum atomic E-state index is -0.216. The molecule has 2 aromatic rings. The molecule has 1 atom stereocenters. The van der Waals surface area contributed by atoms with Crippen molar-refractivity contribution < 1.29 is 14.2 Å². The summed E-state index contributed by atoms with van der Waals surface area (Å²) in [5.74, 6) is 2.19. The van der Waals surface area contributed by atoms with Crippen molar-refractivity contribution in [3.8, 4) is 17.2 Å². The van der Waals surface area contributed by atoms with Gasteiger partial charge in [0.25, 0.3) is 0 Å². The van der Waals surface area contributed by atoms with Gasteiger partial charge in [0.15, 0.2) is 11.5 Å². The summed E-state index contributed by atoms with van der Waals surface area (Å²) in [5, 5.41) is 0. The Kier molecular flexibility index (Phi) is 4.62. The van der Waals surface area contributed by atoms with Gasteiger partial charge in [0, 0.05) is 30.3 Å². The van der Waals surface area contributed by atoms with E-state index in [1.165, 1.54) is 0 Å². The van der Waals surface area contributed by atoms with E-state index < -0.39 is 0 Å². The number of ether oxygens (including phenoxy) is 3. The van der Waals surface area contributed by atoms with Gasteiger partial charge in [0.1, 0.15) is 11.9 Å². The predicted octanol–water partition coefficient (Wildman–Crippen LogP) is 0.982. The van der Waals surface area contributed by atoms with Gasteiger partial charge in [-0.1, -0.05) is 6.08 Å². The van der Waals surface area contributed by atoms with Gasteiger partial charge in [-0.05, 0) is 17.7 Å². The molecule has 0 fully saturated rings. The molecule has 8 heteroatoms. The molecule has 1 unspecified atom stereocenters. The first kappa shape index (κ1) is 16.8. The van der Waals surface area contributed by atoms with Gasteiger partial charge < -0.3 is 31.4 Å². The normalized spacial score (nSPS) is 15.4. The zero-order valence-electron chi connectivity index (χ0n) is 14.2. The number of hydrogen-bond donors (Lipinski definition) is 3. The predicted molar refractivity (Wildman–Crippen MR) is 95.7 cm³/mol. The van der Waals surface area contributed by atoms with Crippen molar-refractivity contribution in [2.24, 2.45) is 5.73 Å². The van der Waals surface area contributed by atoms with Gasteiger partial charge in [-0.3, -0.25) is 0 Å². The van der Waals surface area contributed by atoms with Crippen LogP contribution in [-0.2, 0) is 6.42 Å². The second-order valence-corrected chi connectivity index (χ2v) is 5.58. The summed E-state index contributed by atoms with van der Waals surface area (Å²) in [4.78, 5) is 8.02. The van der Waals surface area contributed by atoms with Crippen molar-refractivity contribution in [1.82, 2.24) is 9.97 Å². The molecule has 0 saturated heterocycles. The summed E-state index contributed by atoms with van der Waals surface area (Å²) in [6.07, 6.45) is 5.79. The fourth-order valence-electron chi connectivity index (χ4n) is 2.77. The number of rotatable bonds is 5. The first-order valence-corrected chi connectivity index (χ1v) is 7.77. The Hall–Kier alpha value is -3.00. The van der Waals surface area contributed by atoms with E-state index in [9.17, 15) is 0 Å². The van der Waals surface area contributed by atoms with Crippen LogP contribution >= 0.6 is 0 Å². The fraction of sp³-hybridized carbons (Fsp3) is 0.294. The molecule has 6 N–H and O–H groups in total. The van der Waals surface area contributed by atoms with Crippen molar-refractivity contribution in [1.29, 1.82) is 0 Å². The smallest absolute Gasteiger partial charge is 0.221 e. The monoisotopic (exact) mass is 343 g/mol. The lowest BCUT2D eigenvalue weighted by Crippen LogP contribution is -2.27. The molecule has 1 aliphatic rings. The molecule has 0 radical (unpaired) electrons. The van der Waals surface area contributed by atoms with Gasteiger partial charge >= 0.3 is 0 Å². The highest BCUT2D eigenvalue weighted by molar-refractivity contribution is 5.72. The highest BCUT2D eigenvalue weighted by Gasteiger charge is 2.25. The van der Waals surface area contributed by atoms with E-state index in [-0.39, 0.29) is 12.1 Å². The van der Waals surface area contributed by atoms with E-state index in [1.807, 2.05) is 18.2 Å². The van der Waals surface area contributed by atoms with Crippen molar-refractivity contribution in [3.63, 3.8) is 0 Å². The van der Waals surface area contributed by atoms with Gasteiger partial charge in [0.2, 0.25) is 11.7 Å². The van der Waals surface area contributed by atoms with E-state index in [2.05, 4.69) is 9.97 Å². The standard InChI is InChI=1S/C17H21N5O3/c1-23-13-6-9(5-10-8-21-17(20)22-16(10)19)12-4-3-11(7-18)25-14(12)15(13)24-2/h3-4,6,8,11H,5,7,18H2,1-2H3,(H4,19,20,21,22). The third kappa shape index (κ3) is 3.16. The average molecular weight is 343 g/mol. The molecule has 2 heterocycles. The van der Waals surface area contributed by atoms with E-state index in [1.54, 1.807) is 20.4 Å². The van der Waals surface area contributed by atoms with Crippen LogP contribution in [-0.4, -0.2) is 36.8 Å². The number of methoxy groups -OCH3 is 2. The number of nitrogen functional groups attached to an aromatic ring is 2. The SMILES string of the molecule is COc1cc(Cc2cnc(N)nc2N)c2c(c1OC)OC(CN)C=C2. The van der Waals surface area contributed by atoms with E-state index in [0.29, 0.717) is 36.0 Å². The number of hydrogen-bond acceptors (Lipinski definition) is 8. The molecule has 0 saturated carbocycles. The minimum absolute atomic E-state index is 0.143. The highest BCUT2D eigenvalue weighted by Crippen LogP contribution is 2.45. The summed E-state index contributed by atoms with van der Waals surface area (Å²) in [7, 11) is 3.15. The first-order valence-electron chi connectivity index (χ1n) is 7.77. The summed E-state index contributed by atoms with van der Waals surface area (Å²) in [5.41, 5.74) is 19.8. The van der Waals surface area contributed by atoms with Gasteiger partial charge in [-0.15, -0.1) is 0 Å². The van der Waals surface area contributed by atoms with Crippen molar-refractivity contribution in [2.45, 2.75) is 12.5 Å². The van der Waals surface area contributed by atoms with Crippen LogP contribution in [0, 0.1) is 0 Å². The summed E-state index contributed by atoms with van der Waals surface area (Å²) >= 11 is 0. The van der Waals surface area contributed by atoms with Crippen LogP contribution < -0.4 is 31.4 Å². The molecule has 132 valence electrons. The van der Waals surface area contributed by atoms with Crippen molar-refractivity contribution in [2.75, 3.05) is 32.2 Å². The lowest BCUT2D eigenvalue weighted by molar-refractivity contribution is 0.235. The van der Waals surface area contributed by atoms with Gasteiger partial charge in [-0.25, -0.2) is 4.98 Å². The topological polar surface area (TPSA) is 132 Å². The summed E-state index contributed by atoms with van der Waals surface area (Å²) < 4.78 is 16.9. The molecule has 1 aliphatic heterocycles. The Balaban J connectivity index is 2.10. The van der Waals surface area contributed by atoms with Crippen LogP contribution in [0.5, 0.6) is 17.2 Å². The second kappa shape index (κ2) is 6.86. The van der Waals surface area contributed by atoms with Crippen molar-refractivity contribution in [3.05, 3.63) is 35.0 Å². The Morgan fingerprint density at radius 3 is 2.64 bits per heavy atom. The molecule has 1 aromatic carbocycles. The summed E-state index contributed by atoms with van der Waals surface area (Å²) in [6.45, 7) is 0.365. The van der Waals surface area contributed by atoms with Crippen LogP contribution in [0.1, 0.15) is 16.7 Å². The van der Waals surface area contributed by atoms with E-state index in [0.717, 1.165) is 16.7 Å². The number of nitrogens with zero attached hydrogens (tertiary/aromatic N) is 2. The molecule has 1 aromatic heterocycles. The first-order chi connectivity index (χ1) is 12.1. The Bertz CT molecular complexity index is 822. The molecular weight excluding hydrogens is 322 g/mol. The number of fused-ring (bicyclic) bond motifs is 1. The lowest BCUT2D eigenvalue weighted by Gasteiger charge is -2.25. The number of nitrogens with two attached hydrogens (primary N) is 3. The number of aromatic nitrogens is 2. The maximum atomic E-state index is 5.97. The van der Waals surface area contributed by atoms with Gasteiger partial charge in [-0.2, -0.15) is 4.98 Å². The number of anilines is 2. The lowest BCUT2D eigenvalue weighted by atomic mass is 9.96. The molecular formula is C17H21N5O3.